The van der Waals surface area contributed by atoms with Crippen molar-refractivity contribution in [2.45, 2.75) is 38.3 Å². The number of primary amides is 1. The fraction of sp³-hybridized carbons (Fsp3) is 0.500. The van der Waals surface area contributed by atoms with E-state index in [4.69, 9.17) is 11.5 Å². The molecule has 1 aromatic rings. The normalized spacial score (nSPS) is 20.5. The van der Waals surface area contributed by atoms with Crippen molar-refractivity contribution in [3.8, 4) is 0 Å². The SMILES string of the molecule is C[C@H](N)[C@H]1CCCCN1C(=O)c1ccc(C(N)=O)cn1. The Bertz CT molecular complexity index is 498. The molecule has 1 aliphatic heterocycles. The molecule has 0 radical (unpaired) electrons. The number of pyridine rings is 1. The minimum Gasteiger partial charge on any atom is -0.366 e. The Balaban J connectivity index is 2.18. The lowest BCUT2D eigenvalue weighted by atomic mass is 9.96. The van der Waals surface area contributed by atoms with Crippen LogP contribution in [0.1, 0.15) is 47.0 Å². The molecule has 6 nitrogen and oxygen atoms in total. The fourth-order valence-corrected chi connectivity index (χ4v) is 2.57. The Hall–Kier alpha value is -1.95. The molecule has 2 rings (SSSR count). The lowest BCUT2D eigenvalue weighted by molar-refractivity contribution is 0.0577. The first kappa shape index (κ1) is 14.5. The molecule has 0 spiro atoms. The molecule has 108 valence electrons. The average molecular weight is 276 g/mol. The molecule has 1 saturated heterocycles. The van der Waals surface area contributed by atoms with Crippen LogP contribution in [0.3, 0.4) is 0 Å². The van der Waals surface area contributed by atoms with Gasteiger partial charge in [0.05, 0.1) is 5.56 Å². The smallest absolute Gasteiger partial charge is 0.272 e. The highest BCUT2D eigenvalue weighted by Crippen LogP contribution is 2.21. The van der Waals surface area contributed by atoms with Gasteiger partial charge in [0.25, 0.3) is 5.91 Å². The Morgan fingerprint density at radius 1 is 1.40 bits per heavy atom. The number of carbonyl (C=O) groups is 2. The van der Waals surface area contributed by atoms with E-state index in [-0.39, 0.29) is 18.0 Å². The van der Waals surface area contributed by atoms with Crippen LogP contribution in [-0.2, 0) is 0 Å². The Morgan fingerprint density at radius 3 is 2.70 bits per heavy atom. The summed E-state index contributed by atoms with van der Waals surface area (Å²) < 4.78 is 0. The molecule has 20 heavy (non-hydrogen) atoms. The van der Waals surface area contributed by atoms with E-state index in [9.17, 15) is 9.59 Å². The molecule has 1 aromatic heterocycles. The monoisotopic (exact) mass is 276 g/mol. The molecule has 6 heteroatoms. The Labute approximate surface area is 118 Å². The molecule has 0 aromatic carbocycles. The molecule has 2 heterocycles. The first-order valence-electron chi connectivity index (χ1n) is 6.83. The van der Waals surface area contributed by atoms with Gasteiger partial charge >= 0.3 is 0 Å². The number of amides is 2. The van der Waals surface area contributed by atoms with E-state index in [1.165, 1.54) is 18.3 Å². The summed E-state index contributed by atoms with van der Waals surface area (Å²) in [5, 5.41) is 0. The standard InChI is InChI=1S/C14H20N4O2/c1-9(15)12-4-2-3-7-18(12)14(20)11-6-5-10(8-17-11)13(16)19/h5-6,8-9,12H,2-4,7,15H2,1H3,(H2,16,19)/t9-,12+/m0/s1. The maximum absolute atomic E-state index is 12.5. The van der Waals surface area contributed by atoms with Crippen molar-refractivity contribution in [2.24, 2.45) is 11.5 Å². The van der Waals surface area contributed by atoms with Gasteiger partial charge in [0, 0.05) is 24.8 Å². The van der Waals surface area contributed by atoms with Gasteiger partial charge < -0.3 is 16.4 Å². The zero-order chi connectivity index (χ0) is 14.7. The predicted octanol–water partition coefficient (Wildman–Crippen LogP) is 0.522. The van der Waals surface area contributed by atoms with Crippen LogP contribution < -0.4 is 11.5 Å². The molecule has 0 aliphatic carbocycles. The zero-order valence-electron chi connectivity index (χ0n) is 11.6. The molecule has 0 saturated carbocycles. The second-order valence-corrected chi connectivity index (χ2v) is 5.22. The van der Waals surface area contributed by atoms with Crippen molar-refractivity contribution in [1.29, 1.82) is 0 Å². The summed E-state index contributed by atoms with van der Waals surface area (Å²) >= 11 is 0. The lowest BCUT2D eigenvalue weighted by Gasteiger charge is -2.37. The maximum Gasteiger partial charge on any atom is 0.272 e. The van der Waals surface area contributed by atoms with Crippen LogP contribution in [0.4, 0.5) is 0 Å². The van der Waals surface area contributed by atoms with Gasteiger partial charge in [-0.05, 0) is 38.3 Å². The van der Waals surface area contributed by atoms with Crippen molar-refractivity contribution in [3.63, 3.8) is 0 Å². The third-order valence-electron chi connectivity index (χ3n) is 3.68. The van der Waals surface area contributed by atoms with Crippen LogP contribution in [0.2, 0.25) is 0 Å². The number of aromatic nitrogens is 1. The Kier molecular flexibility index (Phi) is 4.34. The third-order valence-corrected chi connectivity index (χ3v) is 3.68. The van der Waals surface area contributed by atoms with Gasteiger partial charge in [-0.1, -0.05) is 0 Å². The molecule has 0 unspecified atom stereocenters. The van der Waals surface area contributed by atoms with E-state index in [1.54, 1.807) is 4.90 Å². The van der Waals surface area contributed by atoms with Crippen molar-refractivity contribution in [3.05, 3.63) is 29.6 Å². The van der Waals surface area contributed by atoms with Crippen LogP contribution >= 0.6 is 0 Å². The van der Waals surface area contributed by atoms with Crippen LogP contribution in [0.5, 0.6) is 0 Å². The summed E-state index contributed by atoms with van der Waals surface area (Å²) in [7, 11) is 0. The van der Waals surface area contributed by atoms with E-state index >= 15 is 0 Å². The van der Waals surface area contributed by atoms with Crippen LogP contribution in [0.15, 0.2) is 18.3 Å². The predicted molar refractivity (Wildman–Crippen MR) is 75.1 cm³/mol. The molecular weight excluding hydrogens is 256 g/mol. The van der Waals surface area contributed by atoms with Gasteiger partial charge in [-0.25, -0.2) is 0 Å². The second-order valence-electron chi connectivity index (χ2n) is 5.22. The number of hydrogen-bond donors (Lipinski definition) is 2. The van der Waals surface area contributed by atoms with Gasteiger partial charge in [0.2, 0.25) is 5.91 Å². The summed E-state index contributed by atoms with van der Waals surface area (Å²) in [6.07, 6.45) is 4.32. The molecule has 1 fully saturated rings. The number of nitrogens with zero attached hydrogens (tertiary/aromatic N) is 2. The van der Waals surface area contributed by atoms with Gasteiger partial charge in [-0.3, -0.25) is 14.6 Å². The maximum atomic E-state index is 12.5. The Morgan fingerprint density at radius 2 is 2.15 bits per heavy atom. The number of hydrogen-bond acceptors (Lipinski definition) is 4. The van der Waals surface area contributed by atoms with Gasteiger partial charge in [-0.2, -0.15) is 0 Å². The van der Waals surface area contributed by atoms with Gasteiger partial charge in [0.15, 0.2) is 0 Å². The molecule has 2 amide bonds. The van der Waals surface area contributed by atoms with Gasteiger partial charge in [-0.15, -0.1) is 0 Å². The first-order chi connectivity index (χ1) is 9.50. The second kappa shape index (κ2) is 6.00. The number of rotatable bonds is 3. The van der Waals surface area contributed by atoms with E-state index in [1.807, 2.05) is 6.92 Å². The van der Waals surface area contributed by atoms with E-state index in [0.717, 1.165) is 19.3 Å². The van der Waals surface area contributed by atoms with Crippen LogP contribution in [-0.4, -0.2) is 40.3 Å². The summed E-state index contributed by atoms with van der Waals surface area (Å²) in [6.45, 7) is 2.62. The highest BCUT2D eigenvalue weighted by Gasteiger charge is 2.30. The number of likely N-dealkylation sites (tertiary alicyclic amines) is 1. The average Bonchev–Trinajstić information content (AvgIpc) is 2.46. The summed E-state index contributed by atoms with van der Waals surface area (Å²) in [5.41, 5.74) is 11.7. The third kappa shape index (κ3) is 2.96. The zero-order valence-corrected chi connectivity index (χ0v) is 11.6. The molecule has 0 bridgehead atoms. The quantitative estimate of drug-likeness (QED) is 0.840. The van der Waals surface area contributed by atoms with Crippen molar-refractivity contribution >= 4 is 11.8 Å². The molecule has 4 N–H and O–H groups in total. The van der Waals surface area contributed by atoms with Gasteiger partial charge in [0.1, 0.15) is 5.69 Å². The van der Waals surface area contributed by atoms with Crippen LogP contribution in [0, 0.1) is 0 Å². The van der Waals surface area contributed by atoms with E-state index < -0.39 is 5.91 Å². The minimum absolute atomic E-state index is 0.0499. The highest BCUT2D eigenvalue weighted by molar-refractivity contribution is 5.95. The summed E-state index contributed by atoms with van der Waals surface area (Å²) in [4.78, 5) is 29.3. The largest absolute Gasteiger partial charge is 0.366 e. The fourth-order valence-electron chi connectivity index (χ4n) is 2.57. The first-order valence-corrected chi connectivity index (χ1v) is 6.83. The van der Waals surface area contributed by atoms with Crippen molar-refractivity contribution in [2.75, 3.05) is 6.54 Å². The minimum atomic E-state index is -0.553. The molecule has 2 atom stereocenters. The van der Waals surface area contributed by atoms with Crippen molar-refractivity contribution in [1.82, 2.24) is 9.88 Å². The van der Waals surface area contributed by atoms with Crippen molar-refractivity contribution < 1.29 is 9.59 Å². The van der Waals surface area contributed by atoms with E-state index in [0.29, 0.717) is 17.8 Å². The highest BCUT2D eigenvalue weighted by atomic mass is 16.2. The number of piperidine rings is 1. The van der Waals surface area contributed by atoms with Crippen LogP contribution in [0.25, 0.3) is 0 Å². The molecule has 1 aliphatic rings. The lowest BCUT2D eigenvalue weighted by Crippen LogP contribution is -2.51. The summed E-state index contributed by atoms with van der Waals surface area (Å²) in [5.74, 6) is -0.689. The topological polar surface area (TPSA) is 102 Å². The number of carbonyl (C=O) groups excluding carboxylic acids is 2. The van der Waals surface area contributed by atoms with E-state index in [2.05, 4.69) is 4.98 Å². The molecular formula is C14H20N4O2. The summed E-state index contributed by atoms with van der Waals surface area (Å²) in [6, 6.07) is 3.04. The number of nitrogens with two attached hydrogens (primary N) is 2.